The molecule has 1 saturated carbocycles. The van der Waals surface area contributed by atoms with Crippen LogP contribution in [0.2, 0.25) is 0 Å². The van der Waals surface area contributed by atoms with Gasteiger partial charge in [-0.15, -0.1) is 0 Å². The van der Waals surface area contributed by atoms with E-state index in [0.717, 1.165) is 0 Å². The van der Waals surface area contributed by atoms with Gasteiger partial charge in [0.25, 0.3) is 0 Å². The predicted molar refractivity (Wildman–Crippen MR) is 60.4 cm³/mol. The Morgan fingerprint density at radius 1 is 1.35 bits per heavy atom. The maximum atomic E-state index is 11.2. The highest BCUT2D eigenvalue weighted by molar-refractivity contribution is 5.83. The largest absolute Gasteiger partial charge is 0.481 e. The van der Waals surface area contributed by atoms with Crippen molar-refractivity contribution in [3.8, 4) is 0 Å². The fraction of sp³-hybridized carbons (Fsp3) is 0.667. The molecule has 1 aliphatic rings. The van der Waals surface area contributed by atoms with Crippen LogP contribution >= 0.6 is 0 Å². The van der Waals surface area contributed by atoms with E-state index in [1.54, 1.807) is 6.08 Å². The first-order valence-electron chi connectivity index (χ1n) is 5.48. The van der Waals surface area contributed by atoms with Crippen LogP contribution in [0.1, 0.15) is 13.8 Å². The Balaban J connectivity index is 2.40. The molecule has 1 fully saturated rings. The molecular formula is C12H18O5. The number of hydrogen-bond acceptors (Lipinski definition) is 4. The van der Waals surface area contributed by atoms with E-state index in [1.807, 2.05) is 13.8 Å². The molecule has 0 aromatic rings. The molecule has 1 aliphatic carbocycles. The molecule has 0 aromatic heterocycles. The van der Waals surface area contributed by atoms with E-state index in [9.17, 15) is 9.59 Å². The molecule has 0 amide bonds. The minimum absolute atomic E-state index is 0.102. The number of allylic oxidation sites excluding steroid dienone is 1. The van der Waals surface area contributed by atoms with E-state index >= 15 is 0 Å². The van der Waals surface area contributed by atoms with Crippen molar-refractivity contribution >= 4 is 11.9 Å². The maximum Gasteiger partial charge on any atom is 0.330 e. The first-order chi connectivity index (χ1) is 7.91. The fourth-order valence-corrected chi connectivity index (χ4v) is 1.96. The summed E-state index contributed by atoms with van der Waals surface area (Å²) in [7, 11) is 1.52. The zero-order valence-electron chi connectivity index (χ0n) is 10.3. The lowest BCUT2D eigenvalue weighted by Gasteiger charge is -1.99. The Bertz CT molecular complexity index is 332. The lowest BCUT2D eigenvalue weighted by atomic mass is 10.1. The van der Waals surface area contributed by atoms with Crippen LogP contribution < -0.4 is 0 Å². The molecule has 0 radical (unpaired) electrons. The fourth-order valence-electron chi connectivity index (χ4n) is 1.96. The second-order valence-corrected chi connectivity index (χ2v) is 4.68. The molecule has 0 aliphatic heterocycles. The quantitative estimate of drug-likeness (QED) is 0.429. The summed E-state index contributed by atoms with van der Waals surface area (Å²) in [5.41, 5.74) is -0.283. The smallest absolute Gasteiger partial charge is 0.330 e. The van der Waals surface area contributed by atoms with Crippen molar-refractivity contribution in [3.05, 3.63) is 12.2 Å². The number of carboxylic acids is 1. The van der Waals surface area contributed by atoms with Crippen molar-refractivity contribution in [1.29, 1.82) is 0 Å². The van der Waals surface area contributed by atoms with E-state index in [2.05, 4.69) is 0 Å². The number of carbonyl (C=O) groups is 2. The number of rotatable bonds is 6. The van der Waals surface area contributed by atoms with Crippen molar-refractivity contribution in [2.45, 2.75) is 13.8 Å². The first-order valence-corrected chi connectivity index (χ1v) is 5.48. The Kier molecular flexibility index (Phi) is 4.28. The predicted octanol–water partition coefficient (Wildman–Crippen LogP) is 1.09. The standard InChI is InChI=1S/C12H18O5/c1-12(2)8(10(12)11(14)15)4-5-9(13)17-7-6-16-3/h4-5,8,10H,6-7H2,1-3H3,(H,14,15)/b5-4-. The third kappa shape index (κ3) is 3.30. The molecule has 17 heavy (non-hydrogen) atoms. The van der Waals surface area contributed by atoms with E-state index in [0.29, 0.717) is 6.61 Å². The second-order valence-electron chi connectivity index (χ2n) is 4.68. The van der Waals surface area contributed by atoms with E-state index in [1.165, 1.54) is 13.2 Å². The Labute approximate surface area is 100 Å². The summed E-state index contributed by atoms with van der Waals surface area (Å²) in [5.74, 6) is -1.80. The highest BCUT2D eigenvalue weighted by Gasteiger charge is 2.60. The van der Waals surface area contributed by atoms with Gasteiger partial charge in [-0.1, -0.05) is 19.9 Å². The van der Waals surface area contributed by atoms with Gasteiger partial charge in [-0.25, -0.2) is 4.79 Å². The van der Waals surface area contributed by atoms with Gasteiger partial charge in [0.2, 0.25) is 0 Å². The van der Waals surface area contributed by atoms with Crippen molar-refractivity contribution in [3.63, 3.8) is 0 Å². The minimum atomic E-state index is -0.822. The molecule has 5 nitrogen and oxygen atoms in total. The summed E-state index contributed by atoms with van der Waals surface area (Å²) in [6.45, 7) is 4.30. The van der Waals surface area contributed by atoms with Gasteiger partial charge in [-0.05, 0) is 11.3 Å². The number of aliphatic carboxylic acids is 1. The van der Waals surface area contributed by atoms with Crippen LogP contribution in [0.25, 0.3) is 0 Å². The highest BCUT2D eigenvalue weighted by atomic mass is 16.6. The molecule has 0 spiro atoms. The van der Waals surface area contributed by atoms with Gasteiger partial charge >= 0.3 is 11.9 Å². The molecule has 0 aromatic carbocycles. The van der Waals surface area contributed by atoms with Gasteiger partial charge < -0.3 is 14.6 Å². The highest BCUT2D eigenvalue weighted by Crippen LogP contribution is 2.58. The molecule has 1 N–H and O–H groups in total. The first kappa shape index (κ1) is 13.7. The zero-order valence-corrected chi connectivity index (χ0v) is 10.3. The minimum Gasteiger partial charge on any atom is -0.481 e. The molecule has 0 saturated heterocycles. The van der Waals surface area contributed by atoms with Crippen molar-refractivity contribution in [1.82, 2.24) is 0 Å². The van der Waals surface area contributed by atoms with Crippen molar-refractivity contribution in [2.24, 2.45) is 17.3 Å². The summed E-state index contributed by atoms with van der Waals surface area (Å²) in [6, 6.07) is 0. The van der Waals surface area contributed by atoms with Crippen molar-refractivity contribution in [2.75, 3.05) is 20.3 Å². The molecule has 2 unspecified atom stereocenters. The molecule has 1 rings (SSSR count). The van der Waals surface area contributed by atoms with Crippen LogP contribution in [0.15, 0.2) is 12.2 Å². The SMILES string of the molecule is COCCOC(=O)/C=C\C1C(C(=O)O)C1(C)C. The number of hydrogen-bond donors (Lipinski definition) is 1. The maximum absolute atomic E-state index is 11.2. The summed E-state index contributed by atoms with van der Waals surface area (Å²) < 4.78 is 9.56. The van der Waals surface area contributed by atoms with Crippen LogP contribution in [0.3, 0.4) is 0 Å². The molecular weight excluding hydrogens is 224 g/mol. The van der Waals surface area contributed by atoms with E-state index in [4.69, 9.17) is 14.6 Å². The molecule has 0 bridgehead atoms. The van der Waals surface area contributed by atoms with E-state index < -0.39 is 17.9 Å². The lowest BCUT2D eigenvalue weighted by Crippen LogP contribution is -2.07. The number of carboxylic acid groups (broad SMARTS) is 1. The topological polar surface area (TPSA) is 72.8 Å². The van der Waals surface area contributed by atoms with Gasteiger partial charge in [0.1, 0.15) is 6.61 Å². The van der Waals surface area contributed by atoms with Gasteiger partial charge in [-0.3, -0.25) is 4.79 Å². The monoisotopic (exact) mass is 242 g/mol. The van der Waals surface area contributed by atoms with E-state index in [-0.39, 0.29) is 17.9 Å². The molecule has 96 valence electrons. The summed E-state index contributed by atoms with van der Waals surface area (Å²) in [4.78, 5) is 22.1. The summed E-state index contributed by atoms with van der Waals surface area (Å²) in [6.07, 6.45) is 2.92. The Morgan fingerprint density at radius 3 is 2.47 bits per heavy atom. The summed E-state index contributed by atoms with van der Waals surface area (Å²) in [5, 5.41) is 8.93. The second kappa shape index (κ2) is 5.31. The average Bonchev–Trinajstić information content (AvgIpc) is 2.78. The van der Waals surface area contributed by atoms with Crippen LogP contribution in [0, 0.1) is 17.3 Å². The third-order valence-electron chi connectivity index (χ3n) is 3.15. The molecule has 5 heteroatoms. The van der Waals surface area contributed by atoms with Gasteiger partial charge in [0, 0.05) is 13.2 Å². The zero-order chi connectivity index (χ0) is 13.1. The number of ether oxygens (including phenoxy) is 2. The third-order valence-corrected chi connectivity index (χ3v) is 3.15. The Hall–Kier alpha value is -1.36. The normalized spacial score (nSPS) is 25.8. The lowest BCUT2D eigenvalue weighted by molar-refractivity contribution is -0.140. The van der Waals surface area contributed by atoms with Gasteiger partial charge in [0.05, 0.1) is 12.5 Å². The number of carbonyl (C=O) groups excluding carboxylic acids is 1. The van der Waals surface area contributed by atoms with Crippen LogP contribution in [0.5, 0.6) is 0 Å². The van der Waals surface area contributed by atoms with Crippen LogP contribution in [-0.2, 0) is 19.1 Å². The van der Waals surface area contributed by atoms with Crippen molar-refractivity contribution < 1.29 is 24.2 Å². The van der Waals surface area contributed by atoms with Gasteiger partial charge in [0.15, 0.2) is 0 Å². The van der Waals surface area contributed by atoms with Crippen LogP contribution in [-0.4, -0.2) is 37.4 Å². The average molecular weight is 242 g/mol. The Morgan fingerprint density at radius 2 is 2.00 bits per heavy atom. The molecule has 0 heterocycles. The molecule has 2 atom stereocenters. The van der Waals surface area contributed by atoms with Gasteiger partial charge in [-0.2, -0.15) is 0 Å². The van der Waals surface area contributed by atoms with Crippen LogP contribution in [0.4, 0.5) is 0 Å². The number of esters is 1. The summed E-state index contributed by atoms with van der Waals surface area (Å²) >= 11 is 0. The number of methoxy groups -OCH3 is 1.